The van der Waals surface area contributed by atoms with Gasteiger partial charge in [-0.25, -0.2) is 4.99 Å². The SMILES string of the molecule is CCOCCOCc1cccc(CN=C(NCc2ccccc2)N(C)C)c1.I. The zero-order valence-corrected chi connectivity index (χ0v) is 19.4. The second-order valence-corrected chi connectivity index (χ2v) is 6.44. The van der Waals surface area contributed by atoms with Gasteiger partial charge in [0.25, 0.3) is 0 Å². The quantitative estimate of drug-likeness (QED) is 0.233. The number of rotatable bonds is 10. The molecule has 154 valence electrons. The van der Waals surface area contributed by atoms with E-state index < -0.39 is 0 Å². The molecule has 6 heteroatoms. The summed E-state index contributed by atoms with van der Waals surface area (Å²) in [6, 6.07) is 18.7. The van der Waals surface area contributed by atoms with E-state index in [-0.39, 0.29) is 24.0 Å². The molecule has 0 saturated carbocycles. The van der Waals surface area contributed by atoms with Gasteiger partial charge in [0.05, 0.1) is 26.4 Å². The predicted molar refractivity (Wildman–Crippen MR) is 126 cm³/mol. The van der Waals surface area contributed by atoms with Crippen molar-refractivity contribution in [3.05, 3.63) is 71.3 Å². The van der Waals surface area contributed by atoms with Crippen molar-refractivity contribution in [2.75, 3.05) is 33.9 Å². The summed E-state index contributed by atoms with van der Waals surface area (Å²) in [5, 5.41) is 3.41. The highest BCUT2D eigenvalue weighted by atomic mass is 127. The van der Waals surface area contributed by atoms with Gasteiger partial charge in [0.1, 0.15) is 0 Å². The van der Waals surface area contributed by atoms with Gasteiger partial charge in [-0.1, -0.05) is 54.6 Å². The molecule has 2 aromatic rings. The van der Waals surface area contributed by atoms with Crippen LogP contribution in [0.5, 0.6) is 0 Å². The van der Waals surface area contributed by atoms with Crippen molar-refractivity contribution in [1.29, 1.82) is 0 Å². The van der Waals surface area contributed by atoms with Crippen molar-refractivity contribution in [2.45, 2.75) is 26.6 Å². The lowest BCUT2D eigenvalue weighted by atomic mass is 10.1. The molecule has 0 aromatic heterocycles. The number of guanidine groups is 1. The van der Waals surface area contributed by atoms with Crippen LogP contribution in [0.25, 0.3) is 0 Å². The van der Waals surface area contributed by atoms with E-state index in [4.69, 9.17) is 14.5 Å². The van der Waals surface area contributed by atoms with E-state index >= 15 is 0 Å². The zero-order valence-electron chi connectivity index (χ0n) is 17.1. The third kappa shape index (κ3) is 9.52. The summed E-state index contributed by atoms with van der Waals surface area (Å²) < 4.78 is 10.9. The van der Waals surface area contributed by atoms with Crippen molar-refractivity contribution >= 4 is 29.9 Å². The number of ether oxygens (including phenoxy) is 2. The number of nitrogens with zero attached hydrogens (tertiary/aromatic N) is 2. The molecule has 0 saturated heterocycles. The normalized spacial score (nSPS) is 11.0. The Hall–Kier alpha value is -1.64. The summed E-state index contributed by atoms with van der Waals surface area (Å²) in [6.45, 7) is 5.94. The molecule has 0 aliphatic carbocycles. The summed E-state index contributed by atoms with van der Waals surface area (Å²) in [7, 11) is 4.00. The second-order valence-electron chi connectivity index (χ2n) is 6.44. The fraction of sp³-hybridized carbons (Fsp3) is 0.409. The van der Waals surface area contributed by atoms with E-state index in [1.807, 2.05) is 44.1 Å². The first-order valence-electron chi connectivity index (χ1n) is 9.42. The summed E-state index contributed by atoms with van der Waals surface area (Å²) in [5.41, 5.74) is 3.56. The Balaban J connectivity index is 0.00000392. The molecule has 0 aliphatic heterocycles. The van der Waals surface area contributed by atoms with Crippen LogP contribution >= 0.6 is 24.0 Å². The minimum absolute atomic E-state index is 0. The van der Waals surface area contributed by atoms with E-state index in [0.29, 0.717) is 26.4 Å². The number of hydrogen-bond acceptors (Lipinski definition) is 3. The Morgan fingerprint density at radius 1 is 0.929 bits per heavy atom. The van der Waals surface area contributed by atoms with Crippen molar-refractivity contribution in [3.8, 4) is 0 Å². The number of hydrogen-bond donors (Lipinski definition) is 1. The topological polar surface area (TPSA) is 46.1 Å². The largest absolute Gasteiger partial charge is 0.379 e. The minimum Gasteiger partial charge on any atom is -0.379 e. The van der Waals surface area contributed by atoms with Gasteiger partial charge in [-0.3, -0.25) is 0 Å². The zero-order chi connectivity index (χ0) is 19.3. The van der Waals surface area contributed by atoms with Crippen LogP contribution in [-0.4, -0.2) is 44.8 Å². The van der Waals surface area contributed by atoms with Crippen molar-refractivity contribution in [3.63, 3.8) is 0 Å². The molecule has 0 fully saturated rings. The molecule has 1 N–H and O–H groups in total. The highest BCUT2D eigenvalue weighted by Gasteiger charge is 2.03. The van der Waals surface area contributed by atoms with Crippen LogP contribution in [0.2, 0.25) is 0 Å². The third-order valence-corrected chi connectivity index (χ3v) is 3.96. The lowest BCUT2D eigenvalue weighted by Gasteiger charge is -2.18. The molecule has 0 radical (unpaired) electrons. The first-order valence-corrected chi connectivity index (χ1v) is 9.42. The number of benzene rings is 2. The van der Waals surface area contributed by atoms with Crippen LogP contribution in [0.1, 0.15) is 23.6 Å². The highest BCUT2D eigenvalue weighted by Crippen LogP contribution is 2.08. The van der Waals surface area contributed by atoms with E-state index in [2.05, 4.69) is 41.7 Å². The van der Waals surface area contributed by atoms with Gasteiger partial charge in [0.2, 0.25) is 0 Å². The van der Waals surface area contributed by atoms with Crippen molar-refractivity contribution < 1.29 is 9.47 Å². The maximum Gasteiger partial charge on any atom is 0.194 e. The highest BCUT2D eigenvalue weighted by molar-refractivity contribution is 14.0. The smallest absolute Gasteiger partial charge is 0.194 e. The lowest BCUT2D eigenvalue weighted by molar-refractivity contribution is 0.0453. The van der Waals surface area contributed by atoms with Gasteiger partial charge < -0.3 is 19.7 Å². The lowest BCUT2D eigenvalue weighted by Crippen LogP contribution is -2.36. The Kier molecular flexibility index (Phi) is 12.5. The molecule has 28 heavy (non-hydrogen) atoms. The number of aliphatic imine (C=N–C) groups is 1. The fourth-order valence-corrected chi connectivity index (χ4v) is 2.57. The molecule has 0 amide bonds. The summed E-state index contributed by atoms with van der Waals surface area (Å²) in [6.07, 6.45) is 0. The first kappa shape index (κ1) is 24.4. The van der Waals surface area contributed by atoms with Gasteiger partial charge in [-0.2, -0.15) is 0 Å². The maximum atomic E-state index is 5.65. The summed E-state index contributed by atoms with van der Waals surface area (Å²) in [4.78, 5) is 6.74. The van der Waals surface area contributed by atoms with Gasteiger partial charge in [0, 0.05) is 27.2 Å². The minimum atomic E-state index is 0. The van der Waals surface area contributed by atoms with Crippen LogP contribution in [0.4, 0.5) is 0 Å². The van der Waals surface area contributed by atoms with Gasteiger partial charge in [-0.15, -0.1) is 24.0 Å². The molecule has 2 rings (SSSR count). The Labute approximate surface area is 186 Å². The third-order valence-electron chi connectivity index (χ3n) is 3.96. The summed E-state index contributed by atoms with van der Waals surface area (Å²) >= 11 is 0. The van der Waals surface area contributed by atoms with E-state index in [1.165, 1.54) is 11.1 Å². The van der Waals surface area contributed by atoms with Crippen LogP contribution in [-0.2, 0) is 29.2 Å². The average molecular weight is 497 g/mol. The number of nitrogens with one attached hydrogen (secondary N) is 1. The molecule has 2 aromatic carbocycles. The van der Waals surface area contributed by atoms with Crippen LogP contribution in [0, 0.1) is 0 Å². The first-order chi connectivity index (χ1) is 13.2. The molecule has 0 unspecified atom stereocenters. The van der Waals surface area contributed by atoms with Crippen LogP contribution < -0.4 is 5.32 Å². The van der Waals surface area contributed by atoms with E-state index in [0.717, 1.165) is 24.7 Å². The van der Waals surface area contributed by atoms with E-state index in [1.54, 1.807) is 0 Å². The van der Waals surface area contributed by atoms with Crippen LogP contribution in [0.3, 0.4) is 0 Å². The second kappa shape index (κ2) is 14.4. The van der Waals surface area contributed by atoms with Gasteiger partial charge in [0.15, 0.2) is 5.96 Å². The molecule has 5 nitrogen and oxygen atoms in total. The standard InChI is InChI=1S/C22H31N3O2.HI/c1-4-26-13-14-27-18-21-12-8-11-20(15-21)17-24-22(25(2)3)23-16-19-9-6-5-7-10-19;/h5-12,15H,4,13-14,16-18H2,1-3H3,(H,23,24);1H. The monoisotopic (exact) mass is 497 g/mol. The Morgan fingerprint density at radius 3 is 2.32 bits per heavy atom. The molecule has 0 atom stereocenters. The predicted octanol–water partition coefficient (Wildman–Crippen LogP) is 4.07. The molecule has 0 spiro atoms. The molecule has 0 bridgehead atoms. The Morgan fingerprint density at radius 2 is 1.61 bits per heavy atom. The maximum absolute atomic E-state index is 5.65. The van der Waals surface area contributed by atoms with Crippen molar-refractivity contribution in [1.82, 2.24) is 10.2 Å². The van der Waals surface area contributed by atoms with Crippen LogP contribution in [0.15, 0.2) is 59.6 Å². The molecular weight excluding hydrogens is 465 g/mol. The molecule has 0 heterocycles. The fourth-order valence-electron chi connectivity index (χ4n) is 2.57. The van der Waals surface area contributed by atoms with Gasteiger partial charge in [-0.05, 0) is 23.6 Å². The number of halogens is 1. The molecule has 0 aliphatic rings. The molecular formula is C22H32IN3O2. The van der Waals surface area contributed by atoms with E-state index in [9.17, 15) is 0 Å². The van der Waals surface area contributed by atoms with Gasteiger partial charge >= 0.3 is 0 Å². The summed E-state index contributed by atoms with van der Waals surface area (Å²) in [5.74, 6) is 0.872. The average Bonchev–Trinajstić information content (AvgIpc) is 2.68. The van der Waals surface area contributed by atoms with Crippen molar-refractivity contribution in [2.24, 2.45) is 4.99 Å². The Bertz CT molecular complexity index is 693.